The van der Waals surface area contributed by atoms with Gasteiger partial charge in [0.25, 0.3) is 5.91 Å². The second-order valence-electron chi connectivity index (χ2n) is 7.97. The van der Waals surface area contributed by atoms with Crippen LogP contribution in [0, 0.1) is 0 Å². The molecule has 1 aliphatic heterocycles. The monoisotopic (exact) mass is 471 g/mol. The predicted molar refractivity (Wildman–Crippen MR) is 133 cm³/mol. The highest BCUT2D eigenvalue weighted by atomic mass is 16.6. The molecule has 2 heterocycles. The number of amides is 1. The first-order valence-electron chi connectivity index (χ1n) is 11.2. The van der Waals surface area contributed by atoms with Crippen molar-refractivity contribution in [3.8, 4) is 23.0 Å². The lowest BCUT2D eigenvalue weighted by atomic mass is 10.1. The van der Waals surface area contributed by atoms with E-state index in [4.69, 9.17) is 18.9 Å². The van der Waals surface area contributed by atoms with Crippen LogP contribution >= 0.6 is 0 Å². The van der Waals surface area contributed by atoms with Crippen molar-refractivity contribution in [2.45, 2.75) is 6.10 Å². The Kier molecular flexibility index (Phi) is 6.26. The van der Waals surface area contributed by atoms with E-state index in [1.165, 1.54) is 0 Å². The van der Waals surface area contributed by atoms with Crippen molar-refractivity contribution in [2.75, 3.05) is 32.7 Å². The van der Waals surface area contributed by atoms with E-state index in [-0.39, 0.29) is 12.0 Å². The van der Waals surface area contributed by atoms with Gasteiger partial charge in [-0.3, -0.25) is 4.79 Å². The van der Waals surface area contributed by atoms with Crippen LogP contribution in [0.25, 0.3) is 10.9 Å². The summed E-state index contributed by atoms with van der Waals surface area (Å²) in [7, 11) is 3.18. The van der Waals surface area contributed by atoms with Crippen molar-refractivity contribution < 1.29 is 23.7 Å². The number of ether oxygens (including phenoxy) is 4. The van der Waals surface area contributed by atoms with Gasteiger partial charge in [-0.15, -0.1) is 0 Å². The Labute approximate surface area is 202 Å². The van der Waals surface area contributed by atoms with Crippen LogP contribution in [0.4, 0.5) is 11.5 Å². The van der Waals surface area contributed by atoms with Gasteiger partial charge in [0, 0.05) is 11.5 Å². The summed E-state index contributed by atoms with van der Waals surface area (Å²) in [6.07, 6.45) is -0.289. The van der Waals surface area contributed by atoms with Gasteiger partial charge in [0.05, 0.1) is 37.5 Å². The van der Waals surface area contributed by atoms with Gasteiger partial charge in [0.1, 0.15) is 30.0 Å². The molecule has 0 saturated heterocycles. The Hall–Kier alpha value is -4.46. The number of nitrogens with one attached hydrogen (secondary N) is 2. The van der Waals surface area contributed by atoms with E-state index in [0.717, 1.165) is 5.39 Å². The predicted octanol–water partition coefficient (Wildman–Crippen LogP) is 4.57. The molecule has 2 N–H and O–H groups in total. The third kappa shape index (κ3) is 4.77. The second-order valence-corrected chi connectivity index (χ2v) is 7.97. The fourth-order valence-corrected chi connectivity index (χ4v) is 3.93. The van der Waals surface area contributed by atoms with Crippen LogP contribution in [0.2, 0.25) is 0 Å². The first kappa shape index (κ1) is 22.3. The Morgan fingerprint density at radius 2 is 1.80 bits per heavy atom. The number of rotatable bonds is 7. The molecule has 0 spiro atoms. The van der Waals surface area contributed by atoms with Gasteiger partial charge in [0.2, 0.25) is 0 Å². The normalized spacial score (nSPS) is 14.3. The largest absolute Gasteiger partial charge is 0.497 e. The summed E-state index contributed by atoms with van der Waals surface area (Å²) in [6.45, 7) is 0.664. The van der Waals surface area contributed by atoms with Crippen molar-refractivity contribution in [3.63, 3.8) is 0 Å². The van der Waals surface area contributed by atoms with Crippen molar-refractivity contribution in [3.05, 3.63) is 78.4 Å². The molecule has 8 nitrogen and oxygen atoms in total. The summed E-state index contributed by atoms with van der Waals surface area (Å²) in [6, 6.07) is 22.2. The molecule has 1 atom stereocenters. The number of aromatic nitrogens is 1. The molecule has 0 radical (unpaired) electrons. The number of para-hydroxylation sites is 3. The number of hydrogen-bond donors (Lipinski definition) is 2. The molecule has 0 aliphatic carbocycles. The van der Waals surface area contributed by atoms with Gasteiger partial charge >= 0.3 is 0 Å². The zero-order chi connectivity index (χ0) is 24.2. The van der Waals surface area contributed by atoms with Crippen molar-refractivity contribution >= 4 is 28.3 Å². The maximum absolute atomic E-state index is 13.3. The molecule has 0 saturated carbocycles. The van der Waals surface area contributed by atoms with Gasteiger partial charge in [-0.2, -0.15) is 0 Å². The lowest BCUT2D eigenvalue weighted by Gasteiger charge is -2.26. The van der Waals surface area contributed by atoms with Crippen LogP contribution in [-0.2, 0) is 0 Å². The smallest absolute Gasteiger partial charge is 0.252 e. The Balaban J connectivity index is 1.37. The highest BCUT2D eigenvalue weighted by Crippen LogP contribution is 2.33. The number of anilines is 2. The highest BCUT2D eigenvalue weighted by Gasteiger charge is 2.22. The molecule has 8 heteroatoms. The minimum atomic E-state index is -0.289. The minimum absolute atomic E-state index is 0.226. The van der Waals surface area contributed by atoms with Crippen LogP contribution < -0.4 is 29.6 Å². The number of hydrogen-bond acceptors (Lipinski definition) is 7. The third-order valence-corrected chi connectivity index (χ3v) is 5.69. The average molecular weight is 472 g/mol. The molecular formula is C27H25N3O5. The van der Waals surface area contributed by atoms with Crippen LogP contribution in [0.1, 0.15) is 10.4 Å². The number of pyridine rings is 1. The van der Waals surface area contributed by atoms with Crippen LogP contribution in [-0.4, -0.2) is 44.4 Å². The zero-order valence-electron chi connectivity index (χ0n) is 19.4. The van der Waals surface area contributed by atoms with E-state index in [0.29, 0.717) is 58.7 Å². The van der Waals surface area contributed by atoms with Crippen molar-refractivity contribution in [2.24, 2.45) is 0 Å². The van der Waals surface area contributed by atoms with E-state index >= 15 is 0 Å². The lowest BCUT2D eigenvalue weighted by Crippen LogP contribution is -2.40. The average Bonchev–Trinajstić information content (AvgIpc) is 2.91. The Morgan fingerprint density at radius 1 is 1.00 bits per heavy atom. The maximum Gasteiger partial charge on any atom is 0.252 e. The maximum atomic E-state index is 13.3. The molecule has 5 rings (SSSR count). The van der Waals surface area contributed by atoms with Gasteiger partial charge < -0.3 is 29.6 Å². The number of benzene rings is 3. The summed E-state index contributed by atoms with van der Waals surface area (Å²) < 4.78 is 22.5. The fourth-order valence-electron chi connectivity index (χ4n) is 3.93. The molecule has 1 unspecified atom stereocenters. The summed E-state index contributed by atoms with van der Waals surface area (Å²) in [4.78, 5) is 17.9. The quantitative estimate of drug-likeness (QED) is 0.408. The molecular weight excluding hydrogens is 446 g/mol. The van der Waals surface area contributed by atoms with Crippen molar-refractivity contribution in [1.29, 1.82) is 0 Å². The molecule has 0 bridgehead atoms. The number of nitrogens with zero attached hydrogens (tertiary/aromatic N) is 1. The number of carbonyl (C=O) groups is 1. The van der Waals surface area contributed by atoms with E-state index < -0.39 is 0 Å². The molecule has 3 aromatic carbocycles. The standard InChI is InChI=1S/C27H25N3O5/c1-32-17-11-12-22(25(13-17)33-2)30-26-14-20(19-7-3-4-8-21(19)29-26)27(31)28-15-18-16-34-23-9-5-6-10-24(23)35-18/h3-14,18H,15-16H2,1-2H3,(H,28,31)(H,29,30). The van der Waals surface area contributed by atoms with E-state index in [1.54, 1.807) is 26.4 Å². The number of fused-ring (bicyclic) bond motifs is 2. The number of carbonyl (C=O) groups excluding carboxylic acids is 1. The molecule has 4 aromatic rings. The fraction of sp³-hybridized carbons (Fsp3) is 0.185. The second kappa shape index (κ2) is 9.80. The minimum Gasteiger partial charge on any atom is -0.497 e. The van der Waals surface area contributed by atoms with Crippen LogP contribution in [0.5, 0.6) is 23.0 Å². The number of methoxy groups -OCH3 is 2. The molecule has 1 aromatic heterocycles. The first-order valence-corrected chi connectivity index (χ1v) is 11.2. The molecule has 35 heavy (non-hydrogen) atoms. The van der Waals surface area contributed by atoms with Crippen molar-refractivity contribution in [1.82, 2.24) is 10.3 Å². The Morgan fingerprint density at radius 3 is 2.63 bits per heavy atom. The van der Waals surface area contributed by atoms with Gasteiger partial charge in [-0.25, -0.2) is 4.98 Å². The SMILES string of the molecule is COc1ccc(Nc2cc(C(=O)NCC3COc4ccccc4O3)c3ccccc3n2)c(OC)c1. The molecule has 178 valence electrons. The van der Waals surface area contributed by atoms with Crippen LogP contribution in [0.15, 0.2) is 72.8 Å². The molecule has 1 aliphatic rings. The van der Waals surface area contributed by atoms with Gasteiger partial charge in [-0.05, 0) is 36.4 Å². The van der Waals surface area contributed by atoms with Gasteiger partial charge in [0.15, 0.2) is 11.5 Å². The summed E-state index contributed by atoms with van der Waals surface area (Å²) >= 11 is 0. The zero-order valence-corrected chi connectivity index (χ0v) is 19.4. The first-order chi connectivity index (χ1) is 17.1. The summed E-state index contributed by atoms with van der Waals surface area (Å²) in [5.41, 5.74) is 1.90. The topological polar surface area (TPSA) is 90.9 Å². The lowest BCUT2D eigenvalue weighted by molar-refractivity contribution is 0.0790. The van der Waals surface area contributed by atoms with E-state index in [1.807, 2.05) is 60.7 Å². The van der Waals surface area contributed by atoms with Crippen LogP contribution in [0.3, 0.4) is 0 Å². The molecule has 0 fully saturated rings. The Bertz CT molecular complexity index is 1370. The highest BCUT2D eigenvalue weighted by molar-refractivity contribution is 6.07. The summed E-state index contributed by atoms with van der Waals surface area (Å²) in [5.74, 6) is 2.95. The van der Waals surface area contributed by atoms with E-state index in [2.05, 4.69) is 15.6 Å². The summed E-state index contributed by atoms with van der Waals surface area (Å²) in [5, 5.41) is 7.00. The van der Waals surface area contributed by atoms with E-state index in [9.17, 15) is 4.79 Å². The van der Waals surface area contributed by atoms with Gasteiger partial charge in [-0.1, -0.05) is 30.3 Å². The third-order valence-electron chi connectivity index (χ3n) is 5.69. The molecule has 1 amide bonds.